The lowest BCUT2D eigenvalue weighted by molar-refractivity contribution is -0.132. The molecule has 1 aromatic carbocycles. The van der Waals surface area contributed by atoms with Crippen LogP contribution in [-0.4, -0.2) is 51.3 Å². The zero-order valence-corrected chi connectivity index (χ0v) is 19.3. The van der Waals surface area contributed by atoms with Crippen LogP contribution in [0.1, 0.15) is 37.4 Å². The molecular weight excluding hydrogens is 434 g/mol. The number of hydrogen-bond donors (Lipinski definition) is 6. The van der Waals surface area contributed by atoms with Crippen molar-refractivity contribution in [2.24, 2.45) is 17.4 Å². The molecule has 0 unspecified atom stereocenters. The van der Waals surface area contributed by atoms with Gasteiger partial charge in [-0.15, -0.1) is 0 Å². The third-order valence-electron chi connectivity index (χ3n) is 5.91. The van der Waals surface area contributed by atoms with E-state index < -0.39 is 23.9 Å². The van der Waals surface area contributed by atoms with E-state index >= 15 is 0 Å². The number of nitrogens with zero attached hydrogens (tertiary/aromatic N) is 1. The Labute approximate surface area is 198 Å². The van der Waals surface area contributed by atoms with E-state index in [1.807, 2.05) is 37.4 Å². The summed E-state index contributed by atoms with van der Waals surface area (Å²) < 4.78 is 0. The maximum Gasteiger partial charge on any atom is 0.243 e. The molecule has 0 bridgehead atoms. The highest BCUT2D eigenvalue weighted by Crippen LogP contribution is 2.19. The second-order valence-electron chi connectivity index (χ2n) is 8.55. The molecule has 8 N–H and O–H groups in total. The Hall–Kier alpha value is -3.66. The Balaban J connectivity index is 1.77. The molecule has 10 heteroatoms. The topological polar surface area (TPSA) is 172 Å². The third kappa shape index (κ3) is 6.67. The van der Waals surface area contributed by atoms with Gasteiger partial charge in [0.15, 0.2) is 0 Å². The first-order valence-corrected chi connectivity index (χ1v) is 11.5. The number of benzene rings is 1. The van der Waals surface area contributed by atoms with Crippen LogP contribution >= 0.6 is 0 Å². The number of aromatic amines is 2. The Morgan fingerprint density at radius 3 is 2.50 bits per heavy atom. The van der Waals surface area contributed by atoms with Gasteiger partial charge in [-0.1, -0.05) is 31.5 Å². The second-order valence-corrected chi connectivity index (χ2v) is 8.55. The van der Waals surface area contributed by atoms with Gasteiger partial charge in [0.1, 0.15) is 12.1 Å². The maximum absolute atomic E-state index is 13.3. The number of fused-ring (bicyclic) bond motifs is 1. The summed E-state index contributed by atoms with van der Waals surface area (Å²) in [6.45, 7) is 2.40. The van der Waals surface area contributed by atoms with Crippen LogP contribution in [0.15, 0.2) is 43.0 Å². The van der Waals surface area contributed by atoms with Gasteiger partial charge < -0.3 is 32.1 Å². The highest BCUT2D eigenvalue weighted by atomic mass is 16.2. The van der Waals surface area contributed by atoms with Crippen LogP contribution in [0, 0.1) is 5.92 Å². The number of rotatable bonds is 13. The molecule has 182 valence electrons. The average Bonchev–Trinajstić information content (AvgIpc) is 3.48. The molecule has 3 atom stereocenters. The first kappa shape index (κ1) is 25.0. The van der Waals surface area contributed by atoms with Gasteiger partial charge in [-0.05, 0) is 31.0 Å². The van der Waals surface area contributed by atoms with E-state index in [0.717, 1.165) is 29.3 Å². The second kappa shape index (κ2) is 12.0. The highest BCUT2D eigenvalue weighted by molar-refractivity contribution is 5.93. The van der Waals surface area contributed by atoms with E-state index in [1.54, 1.807) is 6.20 Å². The number of imidazole rings is 1. The van der Waals surface area contributed by atoms with Crippen LogP contribution in [0.4, 0.5) is 0 Å². The Morgan fingerprint density at radius 1 is 1.03 bits per heavy atom. The number of para-hydroxylation sites is 1. The number of aromatic nitrogens is 3. The van der Waals surface area contributed by atoms with Crippen molar-refractivity contribution >= 4 is 28.6 Å². The van der Waals surface area contributed by atoms with Crippen molar-refractivity contribution in [3.8, 4) is 0 Å². The van der Waals surface area contributed by atoms with Gasteiger partial charge in [-0.2, -0.15) is 0 Å². The van der Waals surface area contributed by atoms with Crippen LogP contribution in [0.2, 0.25) is 0 Å². The number of hydrogen-bond acceptors (Lipinski definition) is 5. The normalized spacial score (nSPS) is 13.8. The number of carbonyl (C=O) groups excluding carboxylic acids is 3. The molecule has 0 saturated heterocycles. The van der Waals surface area contributed by atoms with Crippen LogP contribution in [0.3, 0.4) is 0 Å². The first-order valence-electron chi connectivity index (χ1n) is 11.5. The quantitative estimate of drug-likeness (QED) is 0.205. The Bertz CT molecular complexity index is 1090. The van der Waals surface area contributed by atoms with E-state index in [4.69, 9.17) is 11.5 Å². The molecule has 0 radical (unpaired) electrons. The lowest BCUT2D eigenvalue weighted by Crippen LogP contribution is -2.55. The molecule has 2 heterocycles. The molecule has 0 saturated carbocycles. The van der Waals surface area contributed by atoms with E-state index in [-0.39, 0.29) is 24.7 Å². The molecule has 2 aromatic heterocycles. The summed E-state index contributed by atoms with van der Waals surface area (Å²) in [5.74, 6) is -1.64. The van der Waals surface area contributed by atoms with E-state index in [0.29, 0.717) is 18.7 Å². The SMILES string of the molecule is C[C@@H](CCCCN)C(=O)N[C@@H](Cc1c[nH]c2ccccc12)C(=O)N[C@@H](Cc1cnc[nH]1)C(N)=O. The van der Waals surface area contributed by atoms with Crippen molar-refractivity contribution in [1.29, 1.82) is 0 Å². The number of carbonyl (C=O) groups is 3. The molecular formula is C24H33N7O3. The van der Waals surface area contributed by atoms with E-state index in [9.17, 15) is 14.4 Å². The minimum Gasteiger partial charge on any atom is -0.368 e. The van der Waals surface area contributed by atoms with Gasteiger partial charge in [0.05, 0.1) is 6.33 Å². The van der Waals surface area contributed by atoms with Gasteiger partial charge >= 0.3 is 0 Å². The first-order chi connectivity index (χ1) is 16.4. The molecule has 0 aliphatic carbocycles. The summed E-state index contributed by atoms with van der Waals surface area (Å²) in [6.07, 6.45) is 7.66. The van der Waals surface area contributed by atoms with Crippen LogP contribution in [-0.2, 0) is 27.2 Å². The zero-order valence-electron chi connectivity index (χ0n) is 19.3. The summed E-state index contributed by atoms with van der Waals surface area (Å²) in [7, 11) is 0. The number of primary amides is 1. The minimum atomic E-state index is -0.947. The van der Waals surface area contributed by atoms with Crippen LogP contribution < -0.4 is 22.1 Å². The molecule has 3 amide bonds. The van der Waals surface area contributed by atoms with Crippen molar-refractivity contribution < 1.29 is 14.4 Å². The molecule has 0 fully saturated rings. The average molecular weight is 468 g/mol. The Kier molecular flexibility index (Phi) is 8.80. The van der Waals surface area contributed by atoms with E-state index in [1.165, 1.54) is 6.33 Å². The third-order valence-corrected chi connectivity index (χ3v) is 5.91. The van der Waals surface area contributed by atoms with Crippen molar-refractivity contribution in [2.45, 2.75) is 51.1 Å². The lowest BCUT2D eigenvalue weighted by atomic mass is 10.00. The fourth-order valence-corrected chi connectivity index (χ4v) is 3.88. The maximum atomic E-state index is 13.3. The summed E-state index contributed by atoms with van der Waals surface area (Å²) in [4.78, 5) is 48.2. The standard InChI is InChI=1S/C24H33N7O3/c1-15(6-4-5-9-25)23(33)31-21(10-16-12-28-19-8-3-2-7-18(16)19)24(34)30-20(22(26)32)11-17-13-27-14-29-17/h2-3,7-8,12-15,20-21,28H,4-6,9-11,25H2,1H3,(H2,26,32)(H,27,29)(H,30,34)(H,31,33)/t15-,20-,21-/m0/s1. The van der Waals surface area contributed by atoms with Crippen molar-refractivity contribution in [2.75, 3.05) is 6.54 Å². The number of unbranched alkanes of at least 4 members (excludes halogenated alkanes) is 1. The number of amides is 3. The van der Waals surface area contributed by atoms with Crippen LogP contribution in [0.25, 0.3) is 10.9 Å². The van der Waals surface area contributed by atoms with Crippen molar-refractivity contribution in [1.82, 2.24) is 25.6 Å². The fourth-order valence-electron chi connectivity index (χ4n) is 3.88. The smallest absolute Gasteiger partial charge is 0.243 e. The lowest BCUT2D eigenvalue weighted by Gasteiger charge is -2.23. The van der Waals surface area contributed by atoms with Crippen LogP contribution in [0.5, 0.6) is 0 Å². The Morgan fingerprint density at radius 2 is 1.79 bits per heavy atom. The van der Waals surface area contributed by atoms with Gasteiger partial charge in [-0.25, -0.2) is 4.98 Å². The number of nitrogens with one attached hydrogen (secondary N) is 4. The van der Waals surface area contributed by atoms with Crippen molar-refractivity contribution in [3.63, 3.8) is 0 Å². The number of H-pyrrole nitrogens is 2. The van der Waals surface area contributed by atoms with Crippen molar-refractivity contribution in [3.05, 3.63) is 54.2 Å². The summed E-state index contributed by atoms with van der Waals surface area (Å²) >= 11 is 0. The monoisotopic (exact) mass is 467 g/mol. The predicted molar refractivity (Wildman–Crippen MR) is 129 cm³/mol. The molecule has 10 nitrogen and oxygen atoms in total. The minimum absolute atomic E-state index is 0.171. The van der Waals surface area contributed by atoms with Gasteiger partial charge in [-0.3, -0.25) is 14.4 Å². The zero-order chi connectivity index (χ0) is 24.5. The van der Waals surface area contributed by atoms with E-state index in [2.05, 4.69) is 25.6 Å². The fraction of sp³-hybridized carbons (Fsp3) is 0.417. The summed E-state index contributed by atoms with van der Waals surface area (Å²) in [5.41, 5.74) is 13.6. The molecule has 0 aliphatic rings. The molecule has 0 spiro atoms. The van der Waals surface area contributed by atoms with Gasteiger partial charge in [0.25, 0.3) is 0 Å². The number of nitrogens with two attached hydrogens (primary N) is 2. The predicted octanol–water partition coefficient (Wildman–Crippen LogP) is 0.896. The van der Waals surface area contributed by atoms with Gasteiger partial charge in [0.2, 0.25) is 17.7 Å². The summed E-state index contributed by atoms with van der Waals surface area (Å²) in [6, 6.07) is 5.91. The summed E-state index contributed by atoms with van der Waals surface area (Å²) in [5, 5.41) is 6.56. The molecule has 34 heavy (non-hydrogen) atoms. The highest BCUT2D eigenvalue weighted by Gasteiger charge is 2.28. The van der Waals surface area contributed by atoms with Gasteiger partial charge in [0, 0.05) is 47.8 Å². The molecule has 0 aliphatic heterocycles. The molecule has 3 rings (SSSR count). The largest absolute Gasteiger partial charge is 0.368 e. The molecule has 3 aromatic rings.